The Morgan fingerprint density at radius 3 is 2.62 bits per heavy atom. The van der Waals surface area contributed by atoms with Gasteiger partial charge in [-0.15, -0.1) is 0 Å². The first kappa shape index (κ1) is 16.4. The summed E-state index contributed by atoms with van der Waals surface area (Å²) in [6.45, 7) is 1.91. The van der Waals surface area contributed by atoms with Crippen molar-refractivity contribution in [2.24, 2.45) is 0 Å². The predicted molar refractivity (Wildman–Crippen MR) is 96.5 cm³/mol. The van der Waals surface area contributed by atoms with Crippen LogP contribution in [0.3, 0.4) is 0 Å². The van der Waals surface area contributed by atoms with Crippen LogP contribution in [-0.2, 0) is 11.3 Å². The summed E-state index contributed by atoms with van der Waals surface area (Å²) in [6.07, 6.45) is 0. The van der Waals surface area contributed by atoms with Gasteiger partial charge in [0.2, 0.25) is 5.91 Å². The third-order valence-electron chi connectivity index (χ3n) is 3.33. The van der Waals surface area contributed by atoms with Crippen molar-refractivity contribution >= 4 is 50.1 Å². The van der Waals surface area contributed by atoms with E-state index in [-0.39, 0.29) is 11.8 Å². The molecule has 2 N–H and O–H groups in total. The summed E-state index contributed by atoms with van der Waals surface area (Å²) in [5.41, 5.74) is 2.25. The van der Waals surface area contributed by atoms with Gasteiger partial charge in [-0.25, -0.2) is 4.98 Å². The molecule has 0 spiro atoms. The van der Waals surface area contributed by atoms with Gasteiger partial charge in [0.15, 0.2) is 5.13 Å². The van der Waals surface area contributed by atoms with Gasteiger partial charge in [-0.05, 0) is 35.9 Å². The molecule has 1 aromatic heterocycles. The Labute approximate surface area is 147 Å². The number of hydrogen-bond acceptors (Lipinski definition) is 4. The van der Waals surface area contributed by atoms with E-state index in [1.165, 1.54) is 18.3 Å². The van der Waals surface area contributed by atoms with E-state index in [1.54, 1.807) is 18.2 Å². The number of amides is 2. The average molecular weight is 360 g/mol. The molecule has 24 heavy (non-hydrogen) atoms. The van der Waals surface area contributed by atoms with Crippen LogP contribution in [0.5, 0.6) is 0 Å². The molecule has 122 valence electrons. The smallest absolute Gasteiger partial charge is 0.257 e. The largest absolute Gasteiger partial charge is 0.352 e. The minimum Gasteiger partial charge on any atom is -0.352 e. The molecule has 7 heteroatoms. The summed E-state index contributed by atoms with van der Waals surface area (Å²) in [7, 11) is 0. The second kappa shape index (κ2) is 6.98. The maximum absolute atomic E-state index is 12.3. The number of fused-ring (bicyclic) bond motifs is 1. The number of benzene rings is 2. The lowest BCUT2D eigenvalue weighted by Gasteiger charge is -2.05. The average Bonchev–Trinajstić information content (AvgIpc) is 2.94. The Balaban J connectivity index is 1.70. The molecule has 0 radical (unpaired) electrons. The van der Waals surface area contributed by atoms with E-state index in [0.717, 1.165) is 15.8 Å². The third-order valence-corrected chi connectivity index (χ3v) is 4.50. The van der Waals surface area contributed by atoms with E-state index >= 15 is 0 Å². The van der Waals surface area contributed by atoms with Crippen LogP contribution in [0.25, 0.3) is 10.2 Å². The summed E-state index contributed by atoms with van der Waals surface area (Å²) in [6, 6.07) is 12.5. The topological polar surface area (TPSA) is 71.1 Å². The fourth-order valence-electron chi connectivity index (χ4n) is 2.12. The molecule has 0 aliphatic heterocycles. The number of rotatable bonds is 4. The van der Waals surface area contributed by atoms with Crippen LogP contribution >= 0.6 is 22.9 Å². The van der Waals surface area contributed by atoms with E-state index in [0.29, 0.717) is 22.3 Å². The molecule has 0 saturated heterocycles. The Hall–Kier alpha value is -2.44. The molecule has 0 fully saturated rings. The third kappa shape index (κ3) is 3.90. The predicted octanol–water partition coefficient (Wildman–Crippen LogP) is 3.84. The minimum absolute atomic E-state index is 0.0900. The van der Waals surface area contributed by atoms with Gasteiger partial charge in [0.25, 0.3) is 5.91 Å². The highest BCUT2D eigenvalue weighted by molar-refractivity contribution is 7.22. The lowest BCUT2D eigenvalue weighted by Crippen LogP contribution is -2.19. The standard InChI is InChI=1S/C17H14ClN3O2S/c1-10(22)19-9-11-2-4-12(5-3-11)16(23)21-17-20-14-7-6-13(18)8-15(14)24-17/h2-8H,9H2,1H3,(H,19,22)(H,20,21,23). The molecule has 0 saturated carbocycles. The molecule has 0 atom stereocenters. The first-order valence-corrected chi connectivity index (χ1v) is 8.41. The van der Waals surface area contributed by atoms with E-state index in [2.05, 4.69) is 15.6 Å². The molecule has 1 heterocycles. The number of hydrogen-bond donors (Lipinski definition) is 2. The van der Waals surface area contributed by atoms with Gasteiger partial charge in [0, 0.05) is 24.1 Å². The molecule has 3 rings (SSSR count). The Bertz CT molecular complexity index is 906. The lowest BCUT2D eigenvalue weighted by molar-refractivity contribution is -0.119. The van der Waals surface area contributed by atoms with Crippen LogP contribution in [0.1, 0.15) is 22.8 Å². The zero-order chi connectivity index (χ0) is 17.1. The van der Waals surface area contributed by atoms with Gasteiger partial charge in [0.1, 0.15) is 0 Å². The van der Waals surface area contributed by atoms with E-state index < -0.39 is 0 Å². The number of nitrogens with one attached hydrogen (secondary N) is 2. The number of thiazole rings is 1. The lowest BCUT2D eigenvalue weighted by atomic mass is 10.1. The van der Waals surface area contributed by atoms with E-state index in [4.69, 9.17) is 11.6 Å². The highest BCUT2D eigenvalue weighted by Crippen LogP contribution is 2.28. The molecule has 0 aliphatic rings. The van der Waals surface area contributed by atoms with Crippen molar-refractivity contribution in [2.45, 2.75) is 13.5 Å². The van der Waals surface area contributed by atoms with Crippen molar-refractivity contribution in [3.63, 3.8) is 0 Å². The van der Waals surface area contributed by atoms with E-state index in [9.17, 15) is 9.59 Å². The van der Waals surface area contributed by atoms with Crippen LogP contribution < -0.4 is 10.6 Å². The summed E-state index contributed by atoms with van der Waals surface area (Å²) in [5.74, 6) is -0.320. The van der Waals surface area contributed by atoms with Crippen molar-refractivity contribution in [3.8, 4) is 0 Å². The molecule has 0 unspecified atom stereocenters. The van der Waals surface area contributed by atoms with Crippen LogP contribution in [0.2, 0.25) is 5.02 Å². The van der Waals surface area contributed by atoms with Gasteiger partial charge in [-0.2, -0.15) is 0 Å². The molecule has 0 bridgehead atoms. The number of carbonyl (C=O) groups excluding carboxylic acids is 2. The Kier molecular flexibility index (Phi) is 4.78. The fraction of sp³-hybridized carbons (Fsp3) is 0.118. The summed E-state index contributed by atoms with van der Waals surface area (Å²) >= 11 is 7.33. The fourth-order valence-corrected chi connectivity index (χ4v) is 3.26. The molecule has 2 amide bonds. The van der Waals surface area contributed by atoms with Crippen LogP contribution in [0, 0.1) is 0 Å². The Morgan fingerprint density at radius 2 is 1.92 bits per heavy atom. The first-order valence-electron chi connectivity index (χ1n) is 7.22. The second-order valence-electron chi connectivity index (χ2n) is 5.19. The second-order valence-corrected chi connectivity index (χ2v) is 6.66. The van der Waals surface area contributed by atoms with Gasteiger partial charge in [-0.3, -0.25) is 14.9 Å². The van der Waals surface area contributed by atoms with Crippen LogP contribution in [0.4, 0.5) is 5.13 Å². The van der Waals surface area contributed by atoms with Crippen LogP contribution in [0.15, 0.2) is 42.5 Å². The monoisotopic (exact) mass is 359 g/mol. The first-order chi connectivity index (χ1) is 11.5. The maximum atomic E-state index is 12.3. The van der Waals surface area contributed by atoms with Crippen molar-refractivity contribution < 1.29 is 9.59 Å². The highest BCUT2D eigenvalue weighted by Gasteiger charge is 2.10. The molecule has 5 nitrogen and oxygen atoms in total. The number of halogens is 1. The molecule has 3 aromatic rings. The van der Waals surface area contributed by atoms with Crippen LogP contribution in [-0.4, -0.2) is 16.8 Å². The number of anilines is 1. The summed E-state index contributed by atoms with van der Waals surface area (Å²) in [5, 5.41) is 6.67. The van der Waals surface area contributed by atoms with E-state index in [1.807, 2.05) is 24.3 Å². The quantitative estimate of drug-likeness (QED) is 0.743. The zero-order valence-electron chi connectivity index (χ0n) is 12.8. The maximum Gasteiger partial charge on any atom is 0.257 e. The number of carbonyl (C=O) groups is 2. The Morgan fingerprint density at radius 1 is 1.17 bits per heavy atom. The van der Waals surface area contributed by atoms with Crippen molar-refractivity contribution in [2.75, 3.05) is 5.32 Å². The number of aromatic nitrogens is 1. The highest BCUT2D eigenvalue weighted by atomic mass is 35.5. The van der Waals surface area contributed by atoms with Gasteiger partial charge >= 0.3 is 0 Å². The van der Waals surface area contributed by atoms with Crippen molar-refractivity contribution in [3.05, 3.63) is 58.6 Å². The summed E-state index contributed by atoms with van der Waals surface area (Å²) in [4.78, 5) is 27.6. The van der Waals surface area contributed by atoms with Gasteiger partial charge < -0.3 is 5.32 Å². The number of nitrogens with zero attached hydrogens (tertiary/aromatic N) is 1. The summed E-state index contributed by atoms with van der Waals surface area (Å²) < 4.78 is 0.920. The SMILES string of the molecule is CC(=O)NCc1ccc(C(=O)Nc2nc3ccc(Cl)cc3s2)cc1. The molecule has 0 aliphatic carbocycles. The zero-order valence-corrected chi connectivity index (χ0v) is 14.4. The van der Waals surface area contributed by atoms with Crippen molar-refractivity contribution in [1.29, 1.82) is 0 Å². The molecule has 2 aromatic carbocycles. The minimum atomic E-state index is -0.230. The van der Waals surface area contributed by atoms with Gasteiger partial charge in [0.05, 0.1) is 10.2 Å². The van der Waals surface area contributed by atoms with Crippen molar-refractivity contribution in [1.82, 2.24) is 10.3 Å². The molecular weight excluding hydrogens is 346 g/mol. The van der Waals surface area contributed by atoms with Gasteiger partial charge in [-0.1, -0.05) is 35.1 Å². The molecular formula is C17H14ClN3O2S. The normalized spacial score (nSPS) is 10.6.